The van der Waals surface area contributed by atoms with Gasteiger partial charge in [0.2, 0.25) is 0 Å². The van der Waals surface area contributed by atoms with Gasteiger partial charge in [0.25, 0.3) is 0 Å². The number of fused-ring (bicyclic) bond motifs is 1. The standard InChI is InChI=1S/C15H21N3/c1-4-12-11-15(16-9-10-18(2)3)17-14-8-6-5-7-13(12)14/h5-8,11H,4,9-10H2,1-3H3,(H,16,17). The SMILES string of the molecule is CCc1cc(NCCN(C)C)nc2ccccc12. The first-order valence-electron chi connectivity index (χ1n) is 6.48. The van der Waals surface area contributed by atoms with E-state index in [1.165, 1.54) is 10.9 Å². The summed E-state index contributed by atoms with van der Waals surface area (Å²) >= 11 is 0. The first kappa shape index (κ1) is 12.8. The fraction of sp³-hybridized carbons (Fsp3) is 0.400. The van der Waals surface area contributed by atoms with Crippen molar-refractivity contribution in [3.8, 4) is 0 Å². The van der Waals surface area contributed by atoms with Gasteiger partial charge in [-0.25, -0.2) is 4.98 Å². The molecule has 0 fully saturated rings. The van der Waals surface area contributed by atoms with E-state index in [0.717, 1.165) is 30.8 Å². The Bertz CT molecular complexity index is 520. The molecule has 18 heavy (non-hydrogen) atoms. The van der Waals surface area contributed by atoms with Gasteiger partial charge in [-0.15, -0.1) is 0 Å². The molecule has 1 heterocycles. The average Bonchev–Trinajstić information content (AvgIpc) is 2.37. The van der Waals surface area contributed by atoms with Crippen LogP contribution in [0, 0.1) is 0 Å². The van der Waals surface area contributed by atoms with E-state index in [9.17, 15) is 0 Å². The number of anilines is 1. The Morgan fingerprint density at radius 3 is 2.72 bits per heavy atom. The predicted molar refractivity (Wildman–Crippen MR) is 78.2 cm³/mol. The highest BCUT2D eigenvalue weighted by atomic mass is 15.1. The van der Waals surface area contributed by atoms with Gasteiger partial charge in [0.05, 0.1) is 5.52 Å². The van der Waals surface area contributed by atoms with Crippen molar-refractivity contribution in [2.24, 2.45) is 0 Å². The van der Waals surface area contributed by atoms with Crippen LogP contribution in [-0.2, 0) is 6.42 Å². The number of aryl methyl sites for hydroxylation is 1. The van der Waals surface area contributed by atoms with Crippen molar-refractivity contribution in [2.45, 2.75) is 13.3 Å². The molecule has 96 valence electrons. The summed E-state index contributed by atoms with van der Waals surface area (Å²) in [5, 5.41) is 4.65. The minimum Gasteiger partial charge on any atom is -0.369 e. The van der Waals surface area contributed by atoms with Gasteiger partial charge >= 0.3 is 0 Å². The number of hydrogen-bond acceptors (Lipinski definition) is 3. The molecule has 0 radical (unpaired) electrons. The molecule has 2 aromatic rings. The number of aromatic nitrogens is 1. The number of para-hydroxylation sites is 1. The Labute approximate surface area is 109 Å². The Morgan fingerprint density at radius 2 is 2.00 bits per heavy atom. The first-order valence-corrected chi connectivity index (χ1v) is 6.48. The summed E-state index contributed by atoms with van der Waals surface area (Å²) in [6.07, 6.45) is 1.03. The molecule has 0 saturated heterocycles. The number of nitrogens with zero attached hydrogens (tertiary/aromatic N) is 2. The topological polar surface area (TPSA) is 28.2 Å². The third kappa shape index (κ3) is 2.99. The highest BCUT2D eigenvalue weighted by molar-refractivity contribution is 5.84. The molecule has 1 aromatic heterocycles. The van der Waals surface area contributed by atoms with E-state index in [0.29, 0.717) is 0 Å². The lowest BCUT2D eigenvalue weighted by Gasteiger charge is -2.12. The molecule has 0 aliphatic rings. The molecule has 0 aliphatic heterocycles. The number of likely N-dealkylation sites (N-methyl/N-ethyl adjacent to an activating group) is 1. The second-order valence-corrected chi connectivity index (χ2v) is 4.77. The number of nitrogens with one attached hydrogen (secondary N) is 1. The molecule has 0 atom stereocenters. The molecular weight excluding hydrogens is 222 g/mol. The van der Waals surface area contributed by atoms with Gasteiger partial charge in [0.1, 0.15) is 5.82 Å². The maximum Gasteiger partial charge on any atom is 0.126 e. The van der Waals surface area contributed by atoms with E-state index in [1.807, 2.05) is 6.07 Å². The third-order valence-corrected chi connectivity index (χ3v) is 3.05. The number of pyridine rings is 1. The molecule has 0 saturated carbocycles. The predicted octanol–water partition coefficient (Wildman–Crippen LogP) is 2.77. The summed E-state index contributed by atoms with van der Waals surface area (Å²) in [6.45, 7) is 4.11. The van der Waals surface area contributed by atoms with Crippen LogP contribution >= 0.6 is 0 Å². The van der Waals surface area contributed by atoms with Crippen LogP contribution in [0.2, 0.25) is 0 Å². The molecule has 0 aliphatic carbocycles. The van der Waals surface area contributed by atoms with Crippen LogP contribution in [0.5, 0.6) is 0 Å². The zero-order chi connectivity index (χ0) is 13.0. The minimum atomic E-state index is 0.918. The van der Waals surface area contributed by atoms with Gasteiger partial charge in [-0.2, -0.15) is 0 Å². The molecular formula is C15H21N3. The lowest BCUT2D eigenvalue weighted by Crippen LogP contribution is -2.21. The van der Waals surface area contributed by atoms with Crippen molar-refractivity contribution < 1.29 is 0 Å². The normalized spacial score (nSPS) is 11.1. The smallest absolute Gasteiger partial charge is 0.126 e. The molecule has 3 heteroatoms. The fourth-order valence-corrected chi connectivity index (χ4v) is 2.04. The van der Waals surface area contributed by atoms with E-state index < -0.39 is 0 Å². The first-order chi connectivity index (χ1) is 8.70. The molecule has 1 aromatic carbocycles. The Kier molecular flexibility index (Phi) is 4.15. The summed E-state index contributed by atoms with van der Waals surface area (Å²) in [4.78, 5) is 6.81. The summed E-state index contributed by atoms with van der Waals surface area (Å²) in [5.41, 5.74) is 2.43. The van der Waals surface area contributed by atoms with Crippen LogP contribution in [0.25, 0.3) is 10.9 Å². The molecule has 0 amide bonds. The Hall–Kier alpha value is -1.61. The van der Waals surface area contributed by atoms with E-state index >= 15 is 0 Å². The maximum absolute atomic E-state index is 4.65. The zero-order valence-electron chi connectivity index (χ0n) is 11.4. The summed E-state index contributed by atoms with van der Waals surface area (Å²) in [7, 11) is 4.15. The molecule has 0 bridgehead atoms. The van der Waals surface area contributed by atoms with Crippen molar-refractivity contribution in [3.05, 3.63) is 35.9 Å². The molecule has 2 rings (SSSR count). The largest absolute Gasteiger partial charge is 0.369 e. The van der Waals surface area contributed by atoms with E-state index in [2.05, 4.69) is 60.5 Å². The van der Waals surface area contributed by atoms with Crippen molar-refractivity contribution in [1.29, 1.82) is 0 Å². The van der Waals surface area contributed by atoms with E-state index in [-0.39, 0.29) is 0 Å². The number of hydrogen-bond donors (Lipinski definition) is 1. The third-order valence-electron chi connectivity index (χ3n) is 3.05. The van der Waals surface area contributed by atoms with Crippen molar-refractivity contribution in [2.75, 3.05) is 32.5 Å². The lowest BCUT2D eigenvalue weighted by atomic mass is 10.1. The van der Waals surface area contributed by atoms with Gasteiger partial charge < -0.3 is 10.2 Å². The van der Waals surface area contributed by atoms with Gasteiger partial charge in [-0.05, 0) is 38.2 Å². The average molecular weight is 243 g/mol. The van der Waals surface area contributed by atoms with E-state index in [1.54, 1.807) is 0 Å². The number of rotatable bonds is 5. The van der Waals surface area contributed by atoms with Crippen LogP contribution in [0.4, 0.5) is 5.82 Å². The highest BCUT2D eigenvalue weighted by Gasteiger charge is 2.03. The molecule has 0 spiro atoms. The van der Waals surface area contributed by atoms with Gasteiger partial charge in [0, 0.05) is 18.5 Å². The Balaban J connectivity index is 2.24. The van der Waals surface area contributed by atoms with E-state index in [4.69, 9.17) is 0 Å². The van der Waals surface area contributed by atoms with Gasteiger partial charge in [-0.1, -0.05) is 25.1 Å². The number of benzene rings is 1. The van der Waals surface area contributed by atoms with Gasteiger partial charge in [0.15, 0.2) is 0 Å². The highest BCUT2D eigenvalue weighted by Crippen LogP contribution is 2.20. The fourth-order valence-electron chi connectivity index (χ4n) is 2.04. The van der Waals surface area contributed by atoms with Crippen LogP contribution in [0.1, 0.15) is 12.5 Å². The lowest BCUT2D eigenvalue weighted by molar-refractivity contribution is 0.425. The maximum atomic E-state index is 4.65. The summed E-state index contributed by atoms with van der Waals surface area (Å²) < 4.78 is 0. The van der Waals surface area contributed by atoms with Crippen LogP contribution < -0.4 is 5.32 Å². The minimum absolute atomic E-state index is 0.918. The second-order valence-electron chi connectivity index (χ2n) is 4.77. The molecule has 3 nitrogen and oxygen atoms in total. The van der Waals surface area contributed by atoms with Crippen molar-refractivity contribution >= 4 is 16.7 Å². The summed E-state index contributed by atoms with van der Waals surface area (Å²) in [6, 6.07) is 10.5. The zero-order valence-corrected chi connectivity index (χ0v) is 11.4. The van der Waals surface area contributed by atoms with Crippen LogP contribution in [-0.4, -0.2) is 37.1 Å². The summed E-state index contributed by atoms with van der Waals surface area (Å²) in [5.74, 6) is 0.979. The Morgan fingerprint density at radius 1 is 1.22 bits per heavy atom. The quantitative estimate of drug-likeness (QED) is 0.875. The van der Waals surface area contributed by atoms with Gasteiger partial charge in [-0.3, -0.25) is 0 Å². The van der Waals surface area contributed by atoms with Crippen LogP contribution in [0.15, 0.2) is 30.3 Å². The second kappa shape index (κ2) is 5.83. The molecule has 1 N–H and O–H groups in total. The van der Waals surface area contributed by atoms with Crippen molar-refractivity contribution in [3.63, 3.8) is 0 Å². The monoisotopic (exact) mass is 243 g/mol. The van der Waals surface area contributed by atoms with Crippen LogP contribution in [0.3, 0.4) is 0 Å². The molecule has 0 unspecified atom stereocenters. The van der Waals surface area contributed by atoms with Crippen molar-refractivity contribution in [1.82, 2.24) is 9.88 Å².